The number of rotatable bonds is 4. The van der Waals surface area contributed by atoms with E-state index >= 15 is 0 Å². The van der Waals surface area contributed by atoms with Gasteiger partial charge in [0.05, 0.1) is 24.3 Å². The summed E-state index contributed by atoms with van der Waals surface area (Å²) < 4.78 is 20.3. The fourth-order valence-electron chi connectivity index (χ4n) is 2.72. The summed E-state index contributed by atoms with van der Waals surface area (Å²) in [5.41, 5.74) is 0.156. The van der Waals surface area contributed by atoms with Crippen LogP contribution in [0.25, 0.3) is 4.85 Å². The molecule has 1 saturated heterocycles. The van der Waals surface area contributed by atoms with Crippen molar-refractivity contribution >= 4 is 40.1 Å². The highest BCUT2D eigenvalue weighted by atomic mass is 32.2. The maximum atomic E-state index is 14.4. The third kappa shape index (κ3) is 3.19. The van der Waals surface area contributed by atoms with E-state index in [4.69, 9.17) is 23.5 Å². The molecule has 5 nitrogen and oxygen atoms in total. The molecule has 1 aromatic rings. The average Bonchev–Trinajstić information content (AvgIpc) is 3.29. The molecule has 0 spiro atoms. The van der Waals surface area contributed by atoms with E-state index in [1.54, 1.807) is 12.1 Å². The minimum Gasteiger partial charge on any atom is -0.442 e. The number of carbonyl (C=O) groups is 1. The molecule has 0 bridgehead atoms. The molecule has 8 heteroatoms. The Morgan fingerprint density at radius 3 is 2.96 bits per heavy atom. The third-order valence-corrected chi connectivity index (χ3v) is 5.40. The second kappa shape index (κ2) is 6.57. The van der Waals surface area contributed by atoms with Crippen molar-refractivity contribution < 1.29 is 13.9 Å². The predicted octanol–water partition coefficient (Wildman–Crippen LogP) is 3.30. The van der Waals surface area contributed by atoms with Crippen LogP contribution in [0.1, 0.15) is 18.4 Å². The highest BCUT2D eigenvalue weighted by Gasteiger charge is 2.54. The molecule has 1 atom stereocenters. The number of thiocarbonyl (C=S) groups is 1. The van der Waals surface area contributed by atoms with Gasteiger partial charge in [0.1, 0.15) is 16.2 Å². The van der Waals surface area contributed by atoms with Crippen LogP contribution in [-0.4, -0.2) is 35.9 Å². The van der Waals surface area contributed by atoms with Crippen molar-refractivity contribution in [1.82, 2.24) is 5.32 Å². The molecule has 1 saturated carbocycles. The molecular weight excluding hydrogens is 349 g/mol. The number of carbonyl (C=O) groups excluding carboxylic acids is 1. The van der Waals surface area contributed by atoms with Gasteiger partial charge >= 0.3 is 6.09 Å². The molecule has 24 heavy (non-hydrogen) atoms. The summed E-state index contributed by atoms with van der Waals surface area (Å²) in [7, 11) is 0. The number of halogens is 1. The van der Waals surface area contributed by atoms with E-state index in [0.717, 1.165) is 0 Å². The second-order valence-corrected chi connectivity index (χ2v) is 7.28. The first-order valence-electron chi connectivity index (χ1n) is 7.48. The Labute approximate surface area is 149 Å². The standard InChI is InChI=1S/C16H16FN3O2S2/c1-18-16(5-6-16)12-4-3-10(7-13(12)17)20-9-11(22-15(20)21)8-19-14(23)24-2/h3-4,7,11H,5-6,8-9H2,2H3,(H,19,23)/t11-/m0/s1. The van der Waals surface area contributed by atoms with Crippen LogP contribution in [0.3, 0.4) is 0 Å². The highest BCUT2D eigenvalue weighted by Crippen LogP contribution is 2.50. The van der Waals surface area contributed by atoms with Crippen molar-refractivity contribution in [1.29, 1.82) is 0 Å². The van der Waals surface area contributed by atoms with Crippen LogP contribution in [0.15, 0.2) is 18.2 Å². The molecule has 1 aromatic carbocycles. The van der Waals surface area contributed by atoms with Gasteiger partial charge in [-0.1, -0.05) is 12.2 Å². The van der Waals surface area contributed by atoms with E-state index in [1.165, 1.54) is 22.7 Å². The van der Waals surface area contributed by atoms with Crippen molar-refractivity contribution in [2.75, 3.05) is 24.2 Å². The normalized spacial score (nSPS) is 21.1. The smallest absolute Gasteiger partial charge is 0.414 e. The maximum absolute atomic E-state index is 14.4. The first-order chi connectivity index (χ1) is 11.5. The first-order valence-corrected chi connectivity index (χ1v) is 9.11. The number of ether oxygens (including phenoxy) is 1. The number of anilines is 1. The molecule has 0 aromatic heterocycles. The molecule has 1 aliphatic carbocycles. The summed E-state index contributed by atoms with van der Waals surface area (Å²) in [6.07, 6.45) is 2.38. The Hall–Kier alpha value is -1.85. The zero-order chi connectivity index (χ0) is 17.3. The number of cyclic esters (lactones) is 1. The molecule has 2 aliphatic rings. The minimum absolute atomic E-state index is 0.329. The summed E-state index contributed by atoms with van der Waals surface area (Å²) in [5.74, 6) is -0.445. The van der Waals surface area contributed by atoms with Crippen LogP contribution < -0.4 is 10.2 Å². The molecule has 126 valence electrons. The molecule has 2 fully saturated rings. The van der Waals surface area contributed by atoms with E-state index in [2.05, 4.69) is 10.2 Å². The lowest BCUT2D eigenvalue weighted by molar-refractivity contribution is 0.143. The fourth-order valence-corrected chi connectivity index (χ4v) is 3.03. The van der Waals surface area contributed by atoms with Gasteiger partial charge in [-0.05, 0) is 24.5 Å². The van der Waals surface area contributed by atoms with Crippen LogP contribution in [0, 0.1) is 12.4 Å². The SMILES string of the molecule is [C-]#[N+]C1(c2ccc(N3C[C@H](CNC(=S)SC)OC3=O)cc2F)CC1. The van der Waals surface area contributed by atoms with E-state index < -0.39 is 17.4 Å². The lowest BCUT2D eigenvalue weighted by Gasteiger charge is -2.15. The molecule has 1 heterocycles. The van der Waals surface area contributed by atoms with Gasteiger partial charge in [0.2, 0.25) is 0 Å². The van der Waals surface area contributed by atoms with Gasteiger partial charge in [0, 0.05) is 12.8 Å². The highest BCUT2D eigenvalue weighted by molar-refractivity contribution is 8.22. The van der Waals surface area contributed by atoms with E-state index in [0.29, 0.717) is 41.5 Å². The lowest BCUT2D eigenvalue weighted by atomic mass is 10.0. The van der Waals surface area contributed by atoms with Gasteiger partial charge in [-0.15, -0.1) is 11.8 Å². The van der Waals surface area contributed by atoms with Crippen LogP contribution in [0.5, 0.6) is 0 Å². The monoisotopic (exact) mass is 365 g/mol. The van der Waals surface area contributed by atoms with Crippen molar-refractivity contribution in [3.63, 3.8) is 0 Å². The van der Waals surface area contributed by atoms with Crippen LogP contribution in [0.4, 0.5) is 14.9 Å². The topological polar surface area (TPSA) is 45.9 Å². The number of hydrogen-bond donors (Lipinski definition) is 1. The molecule has 0 unspecified atom stereocenters. The third-order valence-electron chi connectivity index (χ3n) is 4.24. The molecular formula is C16H16FN3O2S2. The van der Waals surface area contributed by atoms with Gasteiger partial charge in [0.25, 0.3) is 5.54 Å². The van der Waals surface area contributed by atoms with E-state index in [1.807, 2.05) is 6.26 Å². The summed E-state index contributed by atoms with van der Waals surface area (Å²) in [6, 6.07) is 4.59. The van der Waals surface area contributed by atoms with Crippen LogP contribution >= 0.6 is 24.0 Å². The van der Waals surface area contributed by atoms with Crippen molar-refractivity contribution in [3.05, 3.63) is 41.0 Å². The minimum atomic E-state index is -0.700. The maximum Gasteiger partial charge on any atom is 0.414 e. The Kier molecular flexibility index (Phi) is 4.65. The van der Waals surface area contributed by atoms with Crippen LogP contribution in [0.2, 0.25) is 0 Å². The molecule has 1 aliphatic heterocycles. The van der Waals surface area contributed by atoms with Crippen LogP contribution in [-0.2, 0) is 10.3 Å². The fraction of sp³-hybridized carbons (Fsp3) is 0.438. The predicted molar refractivity (Wildman–Crippen MR) is 95.6 cm³/mol. The molecule has 3 rings (SSSR count). The lowest BCUT2D eigenvalue weighted by Crippen LogP contribution is -2.32. The van der Waals surface area contributed by atoms with E-state index in [9.17, 15) is 9.18 Å². The van der Waals surface area contributed by atoms with Crippen molar-refractivity contribution in [2.24, 2.45) is 0 Å². The van der Waals surface area contributed by atoms with Crippen molar-refractivity contribution in [3.8, 4) is 0 Å². The molecule has 1 N–H and O–H groups in total. The van der Waals surface area contributed by atoms with Gasteiger partial charge in [-0.2, -0.15) is 0 Å². The first kappa shape index (κ1) is 17.0. The number of amides is 1. The molecule has 1 amide bonds. The zero-order valence-corrected chi connectivity index (χ0v) is 14.7. The number of nitrogens with one attached hydrogen (secondary N) is 1. The number of hydrogen-bond acceptors (Lipinski definition) is 4. The Morgan fingerprint density at radius 2 is 2.38 bits per heavy atom. The van der Waals surface area contributed by atoms with E-state index in [-0.39, 0.29) is 6.10 Å². The number of nitrogens with zero attached hydrogens (tertiary/aromatic N) is 2. The number of benzene rings is 1. The average molecular weight is 365 g/mol. The Morgan fingerprint density at radius 1 is 1.62 bits per heavy atom. The second-order valence-electron chi connectivity index (χ2n) is 5.80. The van der Waals surface area contributed by atoms with Gasteiger partial charge in [-0.25, -0.2) is 15.8 Å². The van der Waals surface area contributed by atoms with Gasteiger partial charge < -0.3 is 14.9 Å². The summed E-state index contributed by atoms with van der Waals surface area (Å²) >= 11 is 6.46. The van der Waals surface area contributed by atoms with Crippen molar-refractivity contribution in [2.45, 2.75) is 24.5 Å². The summed E-state index contributed by atoms with van der Waals surface area (Å²) in [6.45, 7) is 7.98. The summed E-state index contributed by atoms with van der Waals surface area (Å²) in [4.78, 5) is 17.0. The van der Waals surface area contributed by atoms with Gasteiger partial charge in [0.15, 0.2) is 0 Å². The Balaban J connectivity index is 1.71. The van der Waals surface area contributed by atoms with Gasteiger partial charge in [-0.3, -0.25) is 4.90 Å². The zero-order valence-electron chi connectivity index (χ0n) is 13.0. The largest absolute Gasteiger partial charge is 0.442 e. The summed E-state index contributed by atoms with van der Waals surface area (Å²) in [5, 5.41) is 3.01. The number of thioether (sulfide) groups is 1. The quantitative estimate of drug-likeness (QED) is 0.655. The molecule has 0 radical (unpaired) electrons. The Bertz CT molecular complexity index is 731.